The number of carbonyl (C=O) groups is 1. The first kappa shape index (κ1) is 16.4. The van der Waals surface area contributed by atoms with Crippen LogP contribution in [0.4, 0.5) is 0 Å². The zero-order chi connectivity index (χ0) is 14.4. The van der Waals surface area contributed by atoms with Gasteiger partial charge in [-0.15, -0.1) is 0 Å². The molecule has 1 rings (SSSR count). The van der Waals surface area contributed by atoms with Gasteiger partial charge in [0.05, 0.1) is 7.11 Å². The summed E-state index contributed by atoms with van der Waals surface area (Å²) in [5, 5.41) is 3.48. The summed E-state index contributed by atoms with van der Waals surface area (Å²) >= 11 is 0. The number of piperidine rings is 1. The lowest BCUT2D eigenvalue weighted by Gasteiger charge is -2.35. The van der Waals surface area contributed by atoms with E-state index in [1.165, 1.54) is 13.7 Å². The van der Waals surface area contributed by atoms with Gasteiger partial charge in [0.15, 0.2) is 0 Å². The Morgan fingerprint density at radius 2 is 1.84 bits per heavy atom. The second-order valence-corrected chi connectivity index (χ2v) is 6.38. The number of hydrogen-bond acceptors (Lipinski definition) is 4. The molecule has 1 saturated heterocycles. The molecule has 1 N–H and O–H groups in total. The minimum absolute atomic E-state index is 0.139. The Morgan fingerprint density at radius 1 is 1.26 bits per heavy atom. The Balaban J connectivity index is 2.40. The summed E-state index contributed by atoms with van der Waals surface area (Å²) in [5.74, 6) is 0.851. The van der Waals surface area contributed by atoms with E-state index in [2.05, 4.69) is 37.9 Å². The molecular formula is C15H30N2O2. The van der Waals surface area contributed by atoms with Gasteiger partial charge in [0.2, 0.25) is 0 Å². The Morgan fingerprint density at radius 3 is 2.26 bits per heavy atom. The number of nitrogens with zero attached hydrogens (tertiary/aromatic N) is 1. The topological polar surface area (TPSA) is 41.6 Å². The van der Waals surface area contributed by atoms with Crippen LogP contribution in [0.1, 0.15) is 40.5 Å². The SMILES string of the molecule is COC(=O)C(NC1CCN(CC(C)C)CC1)C(C)C. The molecule has 0 spiro atoms. The van der Waals surface area contributed by atoms with Crippen LogP contribution in [-0.4, -0.2) is 49.7 Å². The van der Waals surface area contributed by atoms with Crippen LogP contribution in [-0.2, 0) is 9.53 Å². The Labute approximate surface area is 117 Å². The van der Waals surface area contributed by atoms with E-state index in [4.69, 9.17) is 4.74 Å². The molecule has 0 aromatic rings. The number of hydrogen-bond donors (Lipinski definition) is 1. The molecule has 4 nitrogen and oxygen atoms in total. The molecule has 1 aliphatic rings. The van der Waals surface area contributed by atoms with Gasteiger partial charge in [-0.2, -0.15) is 0 Å². The van der Waals surface area contributed by atoms with Crippen molar-refractivity contribution < 1.29 is 9.53 Å². The summed E-state index contributed by atoms with van der Waals surface area (Å²) in [6.07, 6.45) is 2.24. The van der Waals surface area contributed by atoms with Crippen molar-refractivity contribution in [3.8, 4) is 0 Å². The maximum absolute atomic E-state index is 11.7. The molecule has 0 saturated carbocycles. The number of nitrogens with one attached hydrogen (secondary N) is 1. The average Bonchev–Trinajstić information content (AvgIpc) is 2.36. The van der Waals surface area contributed by atoms with Crippen molar-refractivity contribution in [1.29, 1.82) is 0 Å². The molecule has 112 valence electrons. The van der Waals surface area contributed by atoms with Gasteiger partial charge in [0.25, 0.3) is 0 Å². The monoisotopic (exact) mass is 270 g/mol. The summed E-state index contributed by atoms with van der Waals surface area (Å²) in [4.78, 5) is 14.3. The van der Waals surface area contributed by atoms with E-state index in [1.54, 1.807) is 0 Å². The minimum Gasteiger partial charge on any atom is -0.468 e. The first-order valence-electron chi connectivity index (χ1n) is 7.50. The van der Waals surface area contributed by atoms with Crippen LogP contribution in [0.5, 0.6) is 0 Å². The van der Waals surface area contributed by atoms with Crippen molar-refractivity contribution in [3.05, 3.63) is 0 Å². The number of rotatable bonds is 6. The molecule has 0 aromatic heterocycles. The summed E-state index contributed by atoms with van der Waals surface area (Å²) < 4.78 is 4.88. The highest BCUT2D eigenvalue weighted by Gasteiger charge is 2.28. The molecule has 0 aromatic carbocycles. The lowest BCUT2D eigenvalue weighted by molar-refractivity contribution is -0.144. The lowest BCUT2D eigenvalue weighted by Crippen LogP contribution is -2.51. The third kappa shape index (κ3) is 5.49. The quantitative estimate of drug-likeness (QED) is 0.749. The largest absolute Gasteiger partial charge is 0.468 e. The fourth-order valence-electron chi connectivity index (χ4n) is 2.71. The van der Waals surface area contributed by atoms with Gasteiger partial charge in [-0.25, -0.2) is 0 Å². The van der Waals surface area contributed by atoms with Gasteiger partial charge in [0, 0.05) is 12.6 Å². The fourth-order valence-corrected chi connectivity index (χ4v) is 2.71. The highest BCUT2D eigenvalue weighted by atomic mass is 16.5. The van der Waals surface area contributed by atoms with Gasteiger partial charge in [-0.05, 0) is 37.8 Å². The molecule has 0 amide bonds. The molecule has 1 fully saturated rings. The van der Waals surface area contributed by atoms with Crippen LogP contribution in [0.3, 0.4) is 0 Å². The van der Waals surface area contributed by atoms with Crippen molar-refractivity contribution >= 4 is 5.97 Å². The average molecular weight is 270 g/mol. The molecule has 1 aliphatic heterocycles. The number of carbonyl (C=O) groups excluding carboxylic acids is 1. The number of methoxy groups -OCH3 is 1. The predicted molar refractivity (Wildman–Crippen MR) is 78.1 cm³/mol. The molecule has 19 heavy (non-hydrogen) atoms. The fraction of sp³-hybridized carbons (Fsp3) is 0.933. The van der Waals surface area contributed by atoms with Crippen LogP contribution in [0.25, 0.3) is 0 Å². The molecule has 4 heteroatoms. The van der Waals surface area contributed by atoms with Crippen molar-refractivity contribution in [2.24, 2.45) is 11.8 Å². The molecule has 0 aliphatic carbocycles. The normalized spacial score (nSPS) is 19.9. The minimum atomic E-state index is -0.174. The van der Waals surface area contributed by atoms with Crippen LogP contribution < -0.4 is 5.32 Å². The van der Waals surface area contributed by atoms with E-state index in [9.17, 15) is 4.79 Å². The predicted octanol–water partition coefficient (Wildman–Crippen LogP) is 1.89. The second kappa shape index (κ2) is 7.85. The smallest absolute Gasteiger partial charge is 0.323 e. The number of likely N-dealkylation sites (tertiary alicyclic amines) is 1. The summed E-state index contributed by atoms with van der Waals surface area (Å²) in [6, 6.07) is 0.265. The van der Waals surface area contributed by atoms with E-state index >= 15 is 0 Å². The molecule has 0 radical (unpaired) electrons. The number of esters is 1. The van der Waals surface area contributed by atoms with Gasteiger partial charge >= 0.3 is 5.97 Å². The van der Waals surface area contributed by atoms with Gasteiger partial charge < -0.3 is 15.0 Å². The van der Waals surface area contributed by atoms with Crippen LogP contribution in [0, 0.1) is 11.8 Å². The van der Waals surface area contributed by atoms with Crippen LogP contribution >= 0.6 is 0 Å². The highest BCUT2D eigenvalue weighted by Crippen LogP contribution is 2.14. The third-order valence-corrected chi connectivity index (χ3v) is 3.75. The summed E-state index contributed by atoms with van der Waals surface area (Å²) in [6.45, 7) is 12.1. The Hall–Kier alpha value is -0.610. The Bertz CT molecular complexity index is 271. The first-order chi connectivity index (χ1) is 8.93. The van der Waals surface area contributed by atoms with E-state index < -0.39 is 0 Å². The number of ether oxygens (including phenoxy) is 1. The molecule has 1 heterocycles. The van der Waals surface area contributed by atoms with Crippen molar-refractivity contribution in [3.63, 3.8) is 0 Å². The maximum Gasteiger partial charge on any atom is 0.323 e. The van der Waals surface area contributed by atoms with Gasteiger partial charge in [0.1, 0.15) is 6.04 Å². The standard InChI is InChI=1S/C15H30N2O2/c1-11(2)10-17-8-6-13(7-9-17)16-14(12(3)4)15(18)19-5/h11-14,16H,6-10H2,1-5H3. The molecule has 0 bridgehead atoms. The van der Waals surface area contributed by atoms with E-state index in [1.807, 2.05) is 0 Å². The first-order valence-corrected chi connectivity index (χ1v) is 7.50. The zero-order valence-corrected chi connectivity index (χ0v) is 13.1. The van der Waals surface area contributed by atoms with Gasteiger partial charge in [-0.3, -0.25) is 4.79 Å². The molecule has 1 unspecified atom stereocenters. The van der Waals surface area contributed by atoms with E-state index in [0.29, 0.717) is 6.04 Å². The summed E-state index contributed by atoms with van der Waals surface area (Å²) in [7, 11) is 1.46. The molecular weight excluding hydrogens is 240 g/mol. The third-order valence-electron chi connectivity index (χ3n) is 3.75. The highest BCUT2D eigenvalue weighted by molar-refractivity contribution is 5.75. The van der Waals surface area contributed by atoms with Crippen molar-refractivity contribution in [2.45, 2.75) is 52.6 Å². The van der Waals surface area contributed by atoms with Crippen LogP contribution in [0.2, 0.25) is 0 Å². The van der Waals surface area contributed by atoms with Gasteiger partial charge in [-0.1, -0.05) is 27.7 Å². The van der Waals surface area contributed by atoms with Crippen molar-refractivity contribution in [2.75, 3.05) is 26.7 Å². The van der Waals surface area contributed by atoms with E-state index in [-0.39, 0.29) is 17.9 Å². The Kier molecular flexibility index (Phi) is 6.80. The molecule has 1 atom stereocenters. The van der Waals surface area contributed by atoms with E-state index in [0.717, 1.165) is 31.8 Å². The summed E-state index contributed by atoms with van der Waals surface area (Å²) in [5.41, 5.74) is 0. The second-order valence-electron chi connectivity index (χ2n) is 6.38. The van der Waals surface area contributed by atoms with Crippen LogP contribution in [0.15, 0.2) is 0 Å². The maximum atomic E-state index is 11.7. The zero-order valence-electron chi connectivity index (χ0n) is 13.1. The lowest BCUT2D eigenvalue weighted by atomic mass is 9.98. The van der Waals surface area contributed by atoms with Crippen molar-refractivity contribution in [1.82, 2.24) is 10.2 Å².